The van der Waals surface area contributed by atoms with Crippen LogP contribution >= 0.6 is 0 Å². The van der Waals surface area contributed by atoms with Crippen molar-refractivity contribution in [1.82, 2.24) is 5.32 Å². The Kier molecular flexibility index (Phi) is 25.9. The molecule has 0 saturated carbocycles. The van der Waals surface area contributed by atoms with Crippen LogP contribution in [0.1, 0.15) is 45.9 Å². The number of aliphatic hydroxyl groups excluding tert-OH is 2. The summed E-state index contributed by atoms with van der Waals surface area (Å²) in [6, 6.07) is 71.3. The molecule has 8 aromatic rings. The number of aliphatic hydroxyl groups is 2. The molecule has 506 valence electrons. The van der Waals surface area contributed by atoms with Crippen molar-refractivity contribution >= 4 is 5.91 Å². The molecule has 96 heavy (non-hydrogen) atoms. The topological polar surface area (TPSA) is 208 Å². The third kappa shape index (κ3) is 19.6. The summed E-state index contributed by atoms with van der Waals surface area (Å²) in [5.74, 6) is 1.28. The summed E-state index contributed by atoms with van der Waals surface area (Å²) in [4.78, 5) is 13.8. The molecule has 0 unspecified atom stereocenters. The van der Waals surface area contributed by atoms with Gasteiger partial charge in [0.15, 0.2) is 18.9 Å². The maximum atomic E-state index is 13.8. The normalized spacial score (nSPS) is 25.7. The molecular formula is C77H85NO18. The summed E-state index contributed by atoms with van der Waals surface area (Å²) in [6.45, 7) is 1.64. The molecule has 0 aromatic heterocycles. The lowest BCUT2D eigenvalue weighted by Crippen LogP contribution is -2.69. The van der Waals surface area contributed by atoms with Crippen LogP contribution in [0.25, 0.3) is 0 Å². The minimum Gasteiger partial charge on any atom is -0.497 e. The quantitative estimate of drug-likeness (QED) is 0.0349. The summed E-state index contributed by atoms with van der Waals surface area (Å²) in [6.07, 6.45) is -17.2. The van der Waals surface area contributed by atoms with E-state index in [-0.39, 0.29) is 66.1 Å². The Morgan fingerprint density at radius 1 is 0.365 bits per heavy atom. The molecule has 3 saturated heterocycles. The van der Waals surface area contributed by atoms with E-state index in [1.165, 1.54) is 6.92 Å². The van der Waals surface area contributed by atoms with Crippen molar-refractivity contribution in [3.63, 3.8) is 0 Å². The van der Waals surface area contributed by atoms with Crippen LogP contribution in [-0.2, 0) is 108 Å². The summed E-state index contributed by atoms with van der Waals surface area (Å²) in [7, 11) is 3.16. The van der Waals surface area contributed by atoms with Gasteiger partial charge in [-0.25, -0.2) is 0 Å². The predicted molar refractivity (Wildman–Crippen MR) is 354 cm³/mol. The molecule has 1 amide bonds. The number of ether oxygens (including phenoxy) is 15. The molecule has 11 rings (SSSR count). The van der Waals surface area contributed by atoms with Crippen LogP contribution in [0.4, 0.5) is 0 Å². The molecule has 19 nitrogen and oxygen atoms in total. The van der Waals surface area contributed by atoms with Crippen molar-refractivity contribution in [2.75, 3.05) is 34.0 Å². The standard InChI is InChI=1S/C77H85NO18/c1-52(79)78-66-70(88-48-59-34-36-60(82-2)37-35-59)67(80)63(51-86-62-40-38-61(83-3)39-41-62)93-76(66)96-72-68(87-44-55-26-14-6-15-27-55)64(49-84-42-53-22-10-4-11-23-53)94-77(74(72)91-47-58-32-20-9-21-33-58)95-69-65(50-85-43-54-24-12-5-13-25-54)92-75(81)73(90-46-57-30-18-8-19-31-57)71(69)89-45-56-28-16-7-17-29-56/h4-41,63-77,80-81H,42-51H2,1-3H3,(H,78,79)/t63-,64-,65-,66-,67-,68+,69-,70-,71+,72+,73-,74-,75-,76+,77+/m1/s1. The fourth-order valence-electron chi connectivity index (χ4n) is 11.8. The highest BCUT2D eigenvalue weighted by atomic mass is 16.8. The van der Waals surface area contributed by atoms with Gasteiger partial charge in [-0.2, -0.15) is 0 Å². The van der Waals surface area contributed by atoms with Gasteiger partial charge in [-0.15, -0.1) is 0 Å². The summed E-state index contributed by atoms with van der Waals surface area (Å²) in [5, 5.41) is 28.0. The van der Waals surface area contributed by atoms with Crippen molar-refractivity contribution in [2.24, 2.45) is 0 Å². The molecule has 0 spiro atoms. The first kappa shape index (κ1) is 69.4. The van der Waals surface area contributed by atoms with Gasteiger partial charge < -0.3 is 86.6 Å². The molecule has 19 heteroatoms. The second-order valence-corrected chi connectivity index (χ2v) is 23.7. The maximum absolute atomic E-state index is 13.8. The number of benzene rings is 8. The van der Waals surface area contributed by atoms with Crippen LogP contribution in [0.2, 0.25) is 0 Å². The van der Waals surface area contributed by atoms with E-state index in [4.69, 9.17) is 71.1 Å². The average molecular weight is 1310 g/mol. The van der Waals surface area contributed by atoms with Crippen LogP contribution in [0.3, 0.4) is 0 Å². The van der Waals surface area contributed by atoms with E-state index in [9.17, 15) is 15.0 Å². The van der Waals surface area contributed by atoms with E-state index in [1.807, 2.05) is 206 Å². The monoisotopic (exact) mass is 1310 g/mol. The molecule has 0 bridgehead atoms. The molecule has 3 aliphatic rings. The number of rotatable bonds is 33. The van der Waals surface area contributed by atoms with Crippen LogP contribution in [0, 0.1) is 0 Å². The van der Waals surface area contributed by atoms with E-state index in [0.29, 0.717) is 17.2 Å². The fraction of sp³-hybridized carbons (Fsp3) is 0.364. The smallest absolute Gasteiger partial charge is 0.217 e. The Balaban J connectivity index is 1.03. The Morgan fingerprint density at radius 3 is 1.19 bits per heavy atom. The Bertz CT molecular complexity index is 3500. The second-order valence-electron chi connectivity index (χ2n) is 23.7. The molecule has 3 heterocycles. The zero-order valence-electron chi connectivity index (χ0n) is 54.1. The minimum absolute atomic E-state index is 0.000690. The number of nitrogens with one attached hydrogen (secondary N) is 1. The first-order chi connectivity index (χ1) is 47.1. The zero-order chi connectivity index (χ0) is 66.3. The third-order valence-corrected chi connectivity index (χ3v) is 16.8. The van der Waals surface area contributed by atoms with Gasteiger partial charge in [0.2, 0.25) is 5.91 Å². The number of methoxy groups -OCH3 is 2. The first-order valence-electron chi connectivity index (χ1n) is 32.4. The van der Waals surface area contributed by atoms with Crippen molar-refractivity contribution in [3.05, 3.63) is 269 Å². The average Bonchev–Trinajstić information content (AvgIpc) is 0.771. The molecule has 3 N–H and O–H groups in total. The van der Waals surface area contributed by atoms with Crippen LogP contribution in [-0.4, -0.2) is 142 Å². The molecule has 3 fully saturated rings. The van der Waals surface area contributed by atoms with Crippen LogP contribution in [0.5, 0.6) is 17.2 Å². The largest absolute Gasteiger partial charge is 0.497 e. The summed E-state index contributed by atoms with van der Waals surface area (Å²) >= 11 is 0. The molecule has 0 radical (unpaired) electrons. The van der Waals surface area contributed by atoms with Crippen molar-refractivity contribution in [1.29, 1.82) is 0 Å². The minimum atomic E-state index is -1.53. The fourth-order valence-corrected chi connectivity index (χ4v) is 11.8. The number of hydrogen-bond acceptors (Lipinski definition) is 18. The van der Waals surface area contributed by atoms with E-state index in [1.54, 1.807) is 38.5 Å². The van der Waals surface area contributed by atoms with Gasteiger partial charge in [0.05, 0.1) is 73.7 Å². The van der Waals surface area contributed by atoms with E-state index in [2.05, 4.69) is 5.32 Å². The van der Waals surface area contributed by atoms with Crippen LogP contribution < -0.4 is 19.5 Å². The molecule has 3 aliphatic heterocycles. The third-order valence-electron chi connectivity index (χ3n) is 16.8. The Morgan fingerprint density at radius 2 is 0.729 bits per heavy atom. The number of hydrogen-bond donors (Lipinski definition) is 3. The molecular weight excluding hydrogens is 1230 g/mol. The number of amides is 1. The van der Waals surface area contributed by atoms with Gasteiger partial charge in [0, 0.05) is 6.92 Å². The Labute approximate surface area is 560 Å². The highest BCUT2D eigenvalue weighted by Crippen LogP contribution is 2.39. The van der Waals surface area contributed by atoms with Crippen molar-refractivity contribution in [3.8, 4) is 17.2 Å². The van der Waals surface area contributed by atoms with E-state index < -0.39 is 98.0 Å². The van der Waals surface area contributed by atoms with E-state index in [0.717, 1.165) is 38.9 Å². The summed E-state index contributed by atoms with van der Waals surface area (Å²) in [5.41, 5.74) is 5.92. The predicted octanol–water partition coefficient (Wildman–Crippen LogP) is 10.2. The molecule has 15 atom stereocenters. The number of carbonyl (C=O) groups excluding carboxylic acids is 1. The highest BCUT2D eigenvalue weighted by Gasteiger charge is 2.57. The van der Waals surface area contributed by atoms with Gasteiger partial charge >= 0.3 is 0 Å². The molecule has 8 aromatic carbocycles. The van der Waals surface area contributed by atoms with Gasteiger partial charge in [-0.1, -0.05) is 194 Å². The van der Waals surface area contributed by atoms with E-state index >= 15 is 0 Å². The highest BCUT2D eigenvalue weighted by molar-refractivity contribution is 5.73. The SMILES string of the molecule is COc1ccc(CO[C@H]2[C@H](O)[C@@H](COc3ccc(OC)cc3)O[C@@H](O[C@H]3[C@@H](OCc4ccccc4)[C@@H](COCc4ccccc4)O[C@@H](O[C@H]4[C@H](OCc5ccccc5)[C@@H](OCc5ccccc5)[C@H](O)O[C@@H]4COCc4ccccc4)[C@@H]3OCc3ccccc3)[C@@H]2NC(C)=O)cc1. The lowest BCUT2D eigenvalue weighted by atomic mass is 9.94. The van der Waals surface area contributed by atoms with Gasteiger partial charge in [0.25, 0.3) is 0 Å². The summed E-state index contributed by atoms with van der Waals surface area (Å²) < 4.78 is 102. The lowest BCUT2D eigenvalue weighted by Gasteiger charge is -2.51. The van der Waals surface area contributed by atoms with Crippen molar-refractivity contribution in [2.45, 2.75) is 145 Å². The molecule has 0 aliphatic carbocycles. The van der Waals surface area contributed by atoms with Gasteiger partial charge in [-0.3, -0.25) is 4.79 Å². The maximum Gasteiger partial charge on any atom is 0.217 e. The second kappa shape index (κ2) is 35.9. The Hall–Kier alpha value is -7.93. The first-order valence-corrected chi connectivity index (χ1v) is 32.4. The van der Waals surface area contributed by atoms with Crippen LogP contribution in [0.15, 0.2) is 231 Å². The zero-order valence-corrected chi connectivity index (χ0v) is 54.1. The van der Waals surface area contributed by atoms with Crippen molar-refractivity contribution < 1.29 is 86.1 Å². The lowest BCUT2D eigenvalue weighted by molar-refractivity contribution is -0.387. The van der Waals surface area contributed by atoms with Gasteiger partial charge in [-0.05, 0) is 75.3 Å². The number of carbonyl (C=O) groups is 1. The van der Waals surface area contributed by atoms with Gasteiger partial charge in [0.1, 0.15) is 97.0 Å².